The molecule has 0 fully saturated rings. The molecule has 2 nitrogen and oxygen atoms in total. The summed E-state index contributed by atoms with van der Waals surface area (Å²) in [5, 5.41) is 1.00. The number of aldehydes is 1. The second-order valence-electron chi connectivity index (χ2n) is 7.82. The standard InChI is InChI=1S/C22H25NO/c1-14(2)15-6-8-16(9-7-15)21-19(13-24)18-12-17(22(3,4)5)10-11-20(18)23-21/h6-14,23H,1-5H3. The number of carbonyl (C=O) groups is 1. The summed E-state index contributed by atoms with van der Waals surface area (Å²) in [4.78, 5) is 15.2. The maximum Gasteiger partial charge on any atom is 0.152 e. The molecule has 0 atom stereocenters. The molecule has 124 valence electrons. The summed E-state index contributed by atoms with van der Waals surface area (Å²) in [7, 11) is 0. The third-order valence-electron chi connectivity index (χ3n) is 4.69. The summed E-state index contributed by atoms with van der Waals surface area (Å²) < 4.78 is 0. The number of hydrogen-bond donors (Lipinski definition) is 1. The molecule has 1 aromatic heterocycles. The highest BCUT2D eigenvalue weighted by Crippen LogP contribution is 2.33. The van der Waals surface area contributed by atoms with E-state index >= 15 is 0 Å². The van der Waals surface area contributed by atoms with Crippen LogP contribution in [0.1, 0.15) is 62.0 Å². The third kappa shape index (κ3) is 2.89. The maximum absolute atomic E-state index is 11.8. The lowest BCUT2D eigenvalue weighted by Crippen LogP contribution is -2.10. The molecule has 3 aromatic rings. The Balaban J connectivity index is 2.16. The van der Waals surface area contributed by atoms with Crippen molar-refractivity contribution in [3.63, 3.8) is 0 Å². The van der Waals surface area contributed by atoms with Crippen LogP contribution in [0.15, 0.2) is 42.5 Å². The number of H-pyrrole nitrogens is 1. The van der Waals surface area contributed by atoms with E-state index in [1.54, 1.807) is 0 Å². The number of rotatable bonds is 3. The Labute approximate surface area is 143 Å². The van der Waals surface area contributed by atoms with Crippen LogP contribution in [0.3, 0.4) is 0 Å². The highest BCUT2D eigenvalue weighted by Gasteiger charge is 2.18. The van der Waals surface area contributed by atoms with Crippen molar-refractivity contribution in [2.24, 2.45) is 0 Å². The number of nitrogens with one attached hydrogen (secondary N) is 1. The number of carbonyl (C=O) groups excluding carboxylic acids is 1. The molecule has 1 heterocycles. The van der Waals surface area contributed by atoms with Crippen molar-refractivity contribution in [1.29, 1.82) is 0 Å². The molecule has 1 N–H and O–H groups in total. The van der Waals surface area contributed by atoms with E-state index in [9.17, 15) is 4.79 Å². The van der Waals surface area contributed by atoms with Gasteiger partial charge in [-0.3, -0.25) is 4.79 Å². The maximum atomic E-state index is 11.8. The topological polar surface area (TPSA) is 32.9 Å². The van der Waals surface area contributed by atoms with E-state index in [1.807, 2.05) is 0 Å². The van der Waals surface area contributed by atoms with Gasteiger partial charge < -0.3 is 4.98 Å². The van der Waals surface area contributed by atoms with Gasteiger partial charge in [0.2, 0.25) is 0 Å². The van der Waals surface area contributed by atoms with Gasteiger partial charge in [0, 0.05) is 16.5 Å². The Bertz CT molecular complexity index is 877. The fourth-order valence-electron chi connectivity index (χ4n) is 3.06. The Morgan fingerprint density at radius 1 is 1.00 bits per heavy atom. The molecule has 0 amide bonds. The van der Waals surface area contributed by atoms with Crippen molar-refractivity contribution in [2.75, 3.05) is 0 Å². The second-order valence-corrected chi connectivity index (χ2v) is 7.82. The molecular formula is C22H25NO. The van der Waals surface area contributed by atoms with Crippen molar-refractivity contribution >= 4 is 17.2 Å². The fraction of sp³-hybridized carbons (Fsp3) is 0.318. The first-order valence-electron chi connectivity index (χ1n) is 8.53. The number of benzene rings is 2. The zero-order valence-corrected chi connectivity index (χ0v) is 15.1. The SMILES string of the molecule is CC(C)c1ccc(-c2[nH]c3ccc(C(C)(C)C)cc3c2C=O)cc1. The quantitative estimate of drug-likeness (QED) is 0.584. The summed E-state index contributed by atoms with van der Waals surface area (Å²) in [5.74, 6) is 0.502. The molecule has 0 spiro atoms. The highest BCUT2D eigenvalue weighted by atomic mass is 16.1. The molecule has 0 saturated heterocycles. The second kappa shape index (κ2) is 5.94. The van der Waals surface area contributed by atoms with Gasteiger partial charge in [0.1, 0.15) is 0 Å². The van der Waals surface area contributed by atoms with Gasteiger partial charge in [-0.1, -0.05) is 65.0 Å². The lowest BCUT2D eigenvalue weighted by atomic mass is 9.86. The minimum absolute atomic E-state index is 0.0602. The molecule has 0 saturated carbocycles. The zero-order valence-electron chi connectivity index (χ0n) is 15.1. The Kier molecular flexibility index (Phi) is 4.08. The van der Waals surface area contributed by atoms with Gasteiger partial charge >= 0.3 is 0 Å². The number of aromatic nitrogens is 1. The minimum Gasteiger partial charge on any atom is -0.354 e. The van der Waals surface area contributed by atoms with Gasteiger partial charge in [-0.25, -0.2) is 0 Å². The summed E-state index contributed by atoms with van der Waals surface area (Å²) >= 11 is 0. The van der Waals surface area contributed by atoms with Gasteiger partial charge in [-0.15, -0.1) is 0 Å². The number of hydrogen-bond acceptors (Lipinski definition) is 1. The molecule has 0 aliphatic heterocycles. The minimum atomic E-state index is 0.0602. The summed E-state index contributed by atoms with van der Waals surface area (Å²) in [6, 6.07) is 14.8. The lowest BCUT2D eigenvalue weighted by Gasteiger charge is -2.18. The van der Waals surface area contributed by atoms with E-state index in [2.05, 4.69) is 82.1 Å². The van der Waals surface area contributed by atoms with E-state index in [0.29, 0.717) is 5.92 Å². The van der Waals surface area contributed by atoms with E-state index in [0.717, 1.165) is 34.0 Å². The molecule has 24 heavy (non-hydrogen) atoms. The molecule has 0 unspecified atom stereocenters. The average molecular weight is 319 g/mol. The molecule has 0 aliphatic rings. The molecule has 2 heteroatoms. The zero-order chi connectivity index (χ0) is 17.5. The van der Waals surface area contributed by atoms with Crippen LogP contribution in [-0.2, 0) is 5.41 Å². The monoisotopic (exact) mass is 319 g/mol. The first-order valence-corrected chi connectivity index (χ1v) is 8.53. The van der Waals surface area contributed by atoms with Crippen molar-refractivity contribution in [2.45, 2.75) is 46.0 Å². The van der Waals surface area contributed by atoms with Crippen LogP contribution in [0.4, 0.5) is 0 Å². The summed E-state index contributed by atoms with van der Waals surface area (Å²) in [6.07, 6.45) is 0.969. The van der Waals surface area contributed by atoms with Crippen LogP contribution in [0.2, 0.25) is 0 Å². The molecule has 0 aliphatic carbocycles. The van der Waals surface area contributed by atoms with E-state index in [-0.39, 0.29) is 5.41 Å². The predicted octanol–water partition coefficient (Wildman–Crippen LogP) is 6.07. The van der Waals surface area contributed by atoms with Gasteiger partial charge in [-0.2, -0.15) is 0 Å². The predicted molar refractivity (Wildman–Crippen MR) is 102 cm³/mol. The molecule has 0 radical (unpaired) electrons. The Morgan fingerprint density at radius 3 is 2.21 bits per heavy atom. The van der Waals surface area contributed by atoms with Gasteiger partial charge in [0.15, 0.2) is 6.29 Å². The fourth-order valence-corrected chi connectivity index (χ4v) is 3.06. The molecule has 3 rings (SSSR count). The van der Waals surface area contributed by atoms with Crippen molar-refractivity contribution in [1.82, 2.24) is 4.98 Å². The van der Waals surface area contributed by atoms with E-state index in [4.69, 9.17) is 0 Å². The molecule has 2 aromatic carbocycles. The first kappa shape index (κ1) is 16.5. The van der Waals surface area contributed by atoms with Crippen LogP contribution < -0.4 is 0 Å². The Morgan fingerprint density at radius 2 is 1.67 bits per heavy atom. The smallest absolute Gasteiger partial charge is 0.152 e. The van der Waals surface area contributed by atoms with Crippen LogP contribution in [0.5, 0.6) is 0 Å². The van der Waals surface area contributed by atoms with E-state index in [1.165, 1.54) is 11.1 Å². The first-order chi connectivity index (χ1) is 11.3. The van der Waals surface area contributed by atoms with Crippen molar-refractivity contribution < 1.29 is 4.79 Å². The van der Waals surface area contributed by atoms with Crippen LogP contribution in [0.25, 0.3) is 22.2 Å². The largest absolute Gasteiger partial charge is 0.354 e. The lowest BCUT2D eigenvalue weighted by molar-refractivity contribution is 0.112. The van der Waals surface area contributed by atoms with Gasteiger partial charge in [-0.05, 0) is 40.2 Å². The highest BCUT2D eigenvalue weighted by molar-refractivity contribution is 6.04. The van der Waals surface area contributed by atoms with Crippen molar-refractivity contribution in [3.8, 4) is 11.3 Å². The molecule has 0 bridgehead atoms. The summed E-state index contributed by atoms with van der Waals surface area (Å²) in [6.45, 7) is 10.9. The number of aromatic amines is 1. The average Bonchev–Trinajstić information content (AvgIpc) is 2.91. The normalized spacial score (nSPS) is 12.1. The van der Waals surface area contributed by atoms with Crippen LogP contribution in [0, 0.1) is 0 Å². The van der Waals surface area contributed by atoms with Crippen LogP contribution in [-0.4, -0.2) is 11.3 Å². The van der Waals surface area contributed by atoms with Crippen LogP contribution >= 0.6 is 0 Å². The van der Waals surface area contributed by atoms with Gasteiger partial charge in [0.05, 0.1) is 5.69 Å². The third-order valence-corrected chi connectivity index (χ3v) is 4.69. The molecular weight excluding hydrogens is 294 g/mol. The van der Waals surface area contributed by atoms with Gasteiger partial charge in [0.25, 0.3) is 0 Å². The van der Waals surface area contributed by atoms with E-state index < -0.39 is 0 Å². The Hall–Kier alpha value is -2.35. The number of fused-ring (bicyclic) bond motifs is 1. The summed E-state index contributed by atoms with van der Waals surface area (Å²) in [5.41, 5.74) is 6.30. The van der Waals surface area contributed by atoms with Crippen molar-refractivity contribution in [3.05, 3.63) is 59.2 Å².